The first kappa shape index (κ1) is 21.3. The zero-order chi connectivity index (χ0) is 22.6. The largest absolute Gasteiger partial charge is 0.349 e. The third kappa shape index (κ3) is 3.78. The highest BCUT2D eigenvalue weighted by atomic mass is 32.1. The van der Waals surface area contributed by atoms with Crippen molar-refractivity contribution in [1.82, 2.24) is 15.1 Å². The Kier molecular flexibility index (Phi) is 5.04. The average molecular weight is 437 g/mol. The topological polar surface area (TPSA) is 67.2 Å². The molecule has 1 aromatic carbocycles. The van der Waals surface area contributed by atoms with Gasteiger partial charge in [0.05, 0.1) is 11.4 Å². The molecule has 1 aliphatic rings. The quantitative estimate of drug-likeness (QED) is 0.654. The molecule has 3 aromatic rings. The van der Waals surface area contributed by atoms with E-state index in [9.17, 15) is 9.59 Å². The Bertz CT molecular complexity index is 1160. The van der Waals surface area contributed by atoms with Crippen molar-refractivity contribution in [1.29, 1.82) is 0 Å². The van der Waals surface area contributed by atoms with Crippen molar-refractivity contribution in [2.45, 2.75) is 59.2 Å². The van der Waals surface area contributed by atoms with Crippen LogP contribution in [0, 0.1) is 13.8 Å². The van der Waals surface area contributed by atoms with E-state index in [1.807, 2.05) is 83.3 Å². The SMILES string of the molecule is Cc1ccc(C)c(N2C(=O)c3cc(-c4cccs4)nn3CC2(C)C(=O)NC(C)(C)C)c1. The summed E-state index contributed by atoms with van der Waals surface area (Å²) in [6, 6.07) is 11.7. The monoisotopic (exact) mass is 436 g/mol. The zero-order valence-electron chi connectivity index (χ0n) is 18.8. The minimum Gasteiger partial charge on any atom is -0.349 e. The first-order valence-electron chi connectivity index (χ1n) is 10.4. The van der Waals surface area contributed by atoms with Gasteiger partial charge in [-0.15, -0.1) is 11.3 Å². The number of anilines is 1. The predicted octanol–water partition coefficient (Wildman–Crippen LogP) is 4.56. The molecule has 1 unspecified atom stereocenters. The Balaban J connectivity index is 1.88. The Labute approximate surface area is 186 Å². The number of carbonyl (C=O) groups is 2. The summed E-state index contributed by atoms with van der Waals surface area (Å²) in [5, 5.41) is 9.75. The molecule has 31 heavy (non-hydrogen) atoms. The highest BCUT2D eigenvalue weighted by Crippen LogP contribution is 2.37. The molecule has 1 atom stereocenters. The third-order valence-electron chi connectivity index (χ3n) is 5.51. The standard InChI is InChI=1S/C24H28N4O2S/c1-15-9-10-16(2)18(12-15)28-21(29)19-13-17(20-8-7-11-31-20)26-27(19)14-24(28,6)22(30)25-23(3,4)5/h7-13H,14H2,1-6H3,(H,25,30). The number of thiophene rings is 1. The lowest BCUT2D eigenvalue weighted by Gasteiger charge is -2.44. The Hall–Kier alpha value is -2.93. The molecule has 0 bridgehead atoms. The van der Waals surface area contributed by atoms with E-state index >= 15 is 0 Å². The molecule has 0 radical (unpaired) electrons. The van der Waals surface area contributed by atoms with Crippen molar-refractivity contribution in [2.75, 3.05) is 4.90 Å². The zero-order valence-corrected chi connectivity index (χ0v) is 19.6. The average Bonchev–Trinajstić information content (AvgIpc) is 3.32. The number of benzene rings is 1. The fourth-order valence-electron chi connectivity index (χ4n) is 3.94. The highest BCUT2D eigenvalue weighted by molar-refractivity contribution is 7.13. The molecule has 162 valence electrons. The summed E-state index contributed by atoms with van der Waals surface area (Å²) in [4.78, 5) is 30.1. The van der Waals surface area contributed by atoms with E-state index < -0.39 is 11.1 Å². The molecule has 1 N–H and O–H groups in total. The van der Waals surface area contributed by atoms with Gasteiger partial charge >= 0.3 is 0 Å². The number of carbonyl (C=O) groups excluding carboxylic acids is 2. The van der Waals surface area contributed by atoms with E-state index in [0.29, 0.717) is 5.69 Å². The van der Waals surface area contributed by atoms with Crippen LogP contribution >= 0.6 is 11.3 Å². The number of amides is 2. The van der Waals surface area contributed by atoms with Gasteiger partial charge in [0, 0.05) is 11.2 Å². The second kappa shape index (κ2) is 7.34. The Morgan fingerprint density at radius 3 is 2.58 bits per heavy atom. The third-order valence-corrected chi connectivity index (χ3v) is 6.40. The number of aromatic nitrogens is 2. The van der Waals surface area contributed by atoms with Gasteiger partial charge in [-0.05, 0) is 76.2 Å². The summed E-state index contributed by atoms with van der Waals surface area (Å²) in [6.45, 7) is 11.9. The van der Waals surface area contributed by atoms with Crippen LogP contribution in [0.15, 0.2) is 41.8 Å². The van der Waals surface area contributed by atoms with Gasteiger partial charge in [0.25, 0.3) is 5.91 Å². The summed E-state index contributed by atoms with van der Waals surface area (Å²) in [6.07, 6.45) is 0. The number of rotatable bonds is 3. The van der Waals surface area contributed by atoms with E-state index in [2.05, 4.69) is 10.4 Å². The second-order valence-electron chi connectivity index (χ2n) is 9.46. The van der Waals surface area contributed by atoms with E-state index in [4.69, 9.17) is 0 Å². The number of hydrogen-bond acceptors (Lipinski definition) is 4. The van der Waals surface area contributed by atoms with Gasteiger partial charge in [-0.3, -0.25) is 19.2 Å². The molecule has 0 fully saturated rings. The van der Waals surface area contributed by atoms with Crippen LogP contribution in [-0.2, 0) is 11.3 Å². The molecule has 0 saturated heterocycles. The van der Waals surface area contributed by atoms with Gasteiger partial charge < -0.3 is 5.32 Å². The summed E-state index contributed by atoms with van der Waals surface area (Å²) in [7, 11) is 0. The summed E-state index contributed by atoms with van der Waals surface area (Å²) >= 11 is 1.58. The highest BCUT2D eigenvalue weighted by Gasteiger charge is 2.50. The normalized spacial score (nSPS) is 18.8. The lowest BCUT2D eigenvalue weighted by molar-refractivity contribution is -0.128. The number of hydrogen-bond donors (Lipinski definition) is 1. The minimum absolute atomic E-state index is 0.201. The van der Waals surface area contributed by atoms with Crippen LogP contribution in [0.4, 0.5) is 5.69 Å². The Morgan fingerprint density at radius 2 is 1.94 bits per heavy atom. The number of aryl methyl sites for hydroxylation is 2. The van der Waals surface area contributed by atoms with Crippen LogP contribution in [0.3, 0.4) is 0 Å². The van der Waals surface area contributed by atoms with E-state index in [1.54, 1.807) is 20.9 Å². The molecule has 3 heterocycles. The summed E-state index contributed by atoms with van der Waals surface area (Å²) in [5.41, 5.74) is 2.41. The van der Waals surface area contributed by atoms with Crippen molar-refractivity contribution >= 4 is 28.8 Å². The molecule has 2 amide bonds. The van der Waals surface area contributed by atoms with E-state index in [0.717, 1.165) is 27.4 Å². The van der Waals surface area contributed by atoms with Crippen LogP contribution in [-0.4, -0.2) is 32.7 Å². The van der Waals surface area contributed by atoms with Crippen LogP contribution in [0.25, 0.3) is 10.6 Å². The first-order chi connectivity index (χ1) is 14.5. The van der Waals surface area contributed by atoms with Crippen LogP contribution in [0.5, 0.6) is 0 Å². The molecule has 7 heteroatoms. The maximum Gasteiger partial charge on any atom is 0.277 e. The number of nitrogens with zero attached hydrogens (tertiary/aromatic N) is 3. The Morgan fingerprint density at radius 1 is 1.19 bits per heavy atom. The van der Waals surface area contributed by atoms with E-state index in [1.165, 1.54) is 0 Å². The molecule has 1 aliphatic heterocycles. The smallest absolute Gasteiger partial charge is 0.277 e. The fraction of sp³-hybridized carbons (Fsp3) is 0.375. The lowest BCUT2D eigenvalue weighted by Crippen LogP contribution is -2.66. The fourth-order valence-corrected chi connectivity index (χ4v) is 4.62. The second-order valence-corrected chi connectivity index (χ2v) is 10.4. The molecular weight excluding hydrogens is 408 g/mol. The number of fused-ring (bicyclic) bond motifs is 1. The van der Waals surface area contributed by atoms with Gasteiger partial charge in [-0.1, -0.05) is 18.2 Å². The van der Waals surface area contributed by atoms with Gasteiger partial charge in [0.2, 0.25) is 5.91 Å². The lowest BCUT2D eigenvalue weighted by atomic mass is 9.91. The van der Waals surface area contributed by atoms with Crippen molar-refractivity contribution < 1.29 is 9.59 Å². The molecule has 6 nitrogen and oxygen atoms in total. The van der Waals surface area contributed by atoms with Gasteiger partial charge in [-0.2, -0.15) is 5.10 Å². The maximum absolute atomic E-state index is 13.8. The molecule has 0 aliphatic carbocycles. The van der Waals surface area contributed by atoms with Crippen molar-refractivity contribution in [3.63, 3.8) is 0 Å². The van der Waals surface area contributed by atoms with Gasteiger partial charge in [0.15, 0.2) is 0 Å². The number of nitrogens with one attached hydrogen (secondary N) is 1. The maximum atomic E-state index is 13.8. The van der Waals surface area contributed by atoms with Crippen LogP contribution in [0.2, 0.25) is 0 Å². The summed E-state index contributed by atoms with van der Waals surface area (Å²) in [5.74, 6) is -0.421. The first-order valence-corrected chi connectivity index (χ1v) is 11.2. The summed E-state index contributed by atoms with van der Waals surface area (Å²) < 4.78 is 1.68. The molecule has 0 saturated carbocycles. The molecular formula is C24H28N4O2S. The molecule has 0 spiro atoms. The van der Waals surface area contributed by atoms with Crippen molar-refractivity contribution in [2.24, 2.45) is 0 Å². The molecule has 4 rings (SSSR count). The van der Waals surface area contributed by atoms with Crippen molar-refractivity contribution in [3.8, 4) is 10.6 Å². The van der Waals surface area contributed by atoms with Crippen LogP contribution < -0.4 is 10.2 Å². The van der Waals surface area contributed by atoms with Crippen LogP contribution in [0.1, 0.15) is 49.3 Å². The minimum atomic E-state index is -1.13. The van der Waals surface area contributed by atoms with Crippen molar-refractivity contribution in [3.05, 3.63) is 58.6 Å². The van der Waals surface area contributed by atoms with E-state index in [-0.39, 0.29) is 18.4 Å². The molecule has 2 aromatic heterocycles. The predicted molar refractivity (Wildman–Crippen MR) is 125 cm³/mol. The van der Waals surface area contributed by atoms with Gasteiger partial charge in [0.1, 0.15) is 16.9 Å². The van der Waals surface area contributed by atoms with Gasteiger partial charge in [-0.25, -0.2) is 0 Å².